The molecule has 0 saturated heterocycles. The van der Waals surface area contributed by atoms with Gasteiger partial charge in [0, 0.05) is 0 Å². The fourth-order valence-corrected chi connectivity index (χ4v) is 2.42. The number of hydrogen-bond donors (Lipinski definition) is 1. The molecule has 0 saturated carbocycles. The summed E-state index contributed by atoms with van der Waals surface area (Å²) >= 11 is 0. The van der Waals surface area contributed by atoms with Gasteiger partial charge in [0.05, 0.1) is 35.5 Å². The Morgan fingerprint density at radius 2 is 2.05 bits per heavy atom. The molecule has 0 unspecified atom stereocenters. The fourth-order valence-electron chi connectivity index (χ4n) is 2.42. The quantitative estimate of drug-likeness (QED) is 0.782. The largest absolute Gasteiger partial charge is 0.497 e. The molecule has 0 atom stereocenters. The number of anilines is 1. The summed E-state index contributed by atoms with van der Waals surface area (Å²) in [5.41, 5.74) is 10.2. The zero-order valence-electron chi connectivity index (χ0n) is 11.8. The second kappa shape index (κ2) is 4.84. The smallest absolute Gasteiger partial charge is 0.205 e. The Labute approximate surface area is 122 Å². The van der Waals surface area contributed by atoms with Crippen molar-refractivity contribution in [1.29, 1.82) is 5.26 Å². The molecule has 3 rings (SSSR count). The van der Waals surface area contributed by atoms with Crippen LogP contribution in [0.1, 0.15) is 11.1 Å². The highest BCUT2D eigenvalue weighted by molar-refractivity contribution is 5.82. The maximum absolute atomic E-state index is 9.06. The minimum absolute atomic E-state index is 0.397. The summed E-state index contributed by atoms with van der Waals surface area (Å²) < 4.78 is 7.07. The molecule has 1 aromatic heterocycles. The van der Waals surface area contributed by atoms with Gasteiger partial charge < -0.3 is 10.5 Å². The number of methoxy groups -OCH3 is 1. The van der Waals surface area contributed by atoms with Gasteiger partial charge in [0.15, 0.2) is 0 Å². The van der Waals surface area contributed by atoms with Crippen molar-refractivity contribution < 1.29 is 4.74 Å². The normalized spacial score (nSPS) is 10.5. The van der Waals surface area contributed by atoms with Gasteiger partial charge in [0.2, 0.25) is 5.95 Å². The molecular formula is C16H14N4O. The van der Waals surface area contributed by atoms with Gasteiger partial charge >= 0.3 is 0 Å². The van der Waals surface area contributed by atoms with Gasteiger partial charge in [-0.25, -0.2) is 4.98 Å². The van der Waals surface area contributed by atoms with Crippen LogP contribution >= 0.6 is 0 Å². The second-order valence-electron chi connectivity index (χ2n) is 4.77. The standard InChI is InChI=1S/C16H14N4O/c1-10-7-12(21-2)4-6-14(10)20-15-8-11(9-17)3-5-13(15)19-16(20)18/h3-8H,1-2H3,(H2,18,19). The van der Waals surface area contributed by atoms with E-state index in [2.05, 4.69) is 11.1 Å². The molecular weight excluding hydrogens is 264 g/mol. The topological polar surface area (TPSA) is 76.9 Å². The van der Waals surface area contributed by atoms with E-state index in [1.165, 1.54) is 0 Å². The molecule has 5 nitrogen and oxygen atoms in total. The summed E-state index contributed by atoms with van der Waals surface area (Å²) in [5.74, 6) is 1.19. The molecule has 0 aliphatic heterocycles. The molecule has 0 aliphatic rings. The second-order valence-corrected chi connectivity index (χ2v) is 4.77. The minimum atomic E-state index is 0.397. The van der Waals surface area contributed by atoms with E-state index >= 15 is 0 Å². The maximum atomic E-state index is 9.06. The molecule has 2 aromatic carbocycles. The lowest BCUT2D eigenvalue weighted by Gasteiger charge is -2.11. The zero-order chi connectivity index (χ0) is 15.0. The Morgan fingerprint density at radius 3 is 2.71 bits per heavy atom. The summed E-state index contributed by atoms with van der Waals surface area (Å²) in [6, 6.07) is 13.2. The van der Waals surface area contributed by atoms with E-state index in [0.717, 1.165) is 28.0 Å². The number of rotatable bonds is 2. The van der Waals surface area contributed by atoms with Crippen LogP contribution in [-0.2, 0) is 0 Å². The van der Waals surface area contributed by atoms with Crippen molar-refractivity contribution in [2.75, 3.05) is 12.8 Å². The molecule has 0 amide bonds. The Hall–Kier alpha value is -3.00. The molecule has 0 aliphatic carbocycles. The first-order valence-corrected chi connectivity index (χ1v) is 6.47. The van der Waals surface area contributed by atoms with Crippen LogP contribution in [0.4, 0.5) is 5.95 Å². The van der Waals surface area contributed by atoms with Gasteiger partial charge in [-0.1, -0.05) is 0 Å². The number of imidazole rings is 1. The lowest BCUT2D eigenvalue weighted by atomic mass is 10.1. The van der Waals surface area contributed by atoms with E-state index in [-0.39, 0.29) is 0 Å². The van der Waals surface area contributed by atoms with Crippen LogP contribution in [0, 0.1) is 18.3 Å². The summed E-state index contributed by atoms with van der Waals surface area (Å²) in [6.07, 6.45) is 0. The molecule has 0 radical (unpaired) electrons. The highest BCUT2D eigenvalue weighted by Crippen LogP contribution is 2.27. The summed E-state index contributed by atoms with van der Waals surface area (Å²) in [6.45, 7) is 1.98. The van der Waals surface area contributed by atoms with E-state index in [0.29, 0.717) is 11.5 Å². The number of fused-ring (bicyclic) bond motifs is 1. The predicted octanol–water partition coefficient (Wildman–Crippen LogP) is 2.80. The summed E-state index contributed by atoms with van der Waals surface area (Å²) in [7, 11) is 1.63. The van der Waals surface area contributed by atoms with Crippen molar-refractivity contribution >= 4 is 17.0 Å². The molecule has 2 N–H and O–H groups in total. The highest BCUT2D eigenvalue weighted by atomic mass is 16.5. The molecule has 0 spiro atoms. The van der Waals surface area contributed by atoms with E-state index in [9.17, 15) is 0 Å². The Bertz CT molecular complexity index is 874. The van der Waals surface area contributed by atoms with Gasteiger partial charge in [0.1, 0.15) is 5.75 Å². The third-order valence-corrected chi connectivity index (χ3v) is 3.45. The van der Waals surface area contributed by atoms with E-state index < -0.39 is 0 Å². The molecule has 104 valence electrons. The number of hydrogen-bond acceptors (Lipinski definition) is 4. The monoisotopic (exact) mass is 278 g/mol. The van der Waals surface area contributed by atoms with Gasteiger partial charge in [-0.15, -0.1) is 0 Å². The first-order valence-electron chi connectivity index (χ1n) is 6.47. The number of nitrogen functional groups attached to an aromatic ring is 1. The van der Waals surface area contributed by atoms with Crippen molar-refractivity contribution in [3.05, 3.63) is 47.5 Å². The number of benzene rings is 2. The molecule has 1 heterocycles. The van der Waals surface area contributed by atoms with Crippen molar-refractivity contribution in [3.63, 3.8) is 0 Å². The third-order valence-electron chi connectivity index (χ3n) is 3.45. The average molecular weight is 278 g/mol. The number of nitrogens with two attached hydrogens (primary N) is 1. The van der Waals surface area contributed by atoms with Crippen molar-refractivity contribution in [2.24, 2.45) is 0 Å². The van der Waals surface area contributed by atoms with Crippen LogP contribution in [-0.4, -0.2) is 16.7 Å². The van der Waals surface area contributed by atoms with Crippen molar-refractivity contribution in [1.82, 2.24) is 9.55 Å². The molecule has 5 heteroatoms. The first kappa shape index (κ1) is 13.0. The number of ether oxygens (including phenoxy) is 1. The first-order chi connectivity index (χ1) is 10.1. The van der Waals surface area contributed by atoms with Gasteiger partial charge in [-0.2, -0.15) is 5.26 Å². The van der Waals surface area contributed by atoms with Crippen molar-refractivity contribution in [3.8, 4) is 17.5 Å². The number of nitrogens with zero attached hydrogens (tertiary/aromatic N) is 3. The van der Waals surface area contributed by atoms with Gasteiger partial charge in [-0.05, 0) is 48.9 Å². The number of nitriles is 1. The fraction of sp³-hybridized carbons (Fsp3) is 0.125. The lowest BCUT2D eigenvalue weighted by molar-refractivity contribution is 0.414. The summed E-state index contributed by atoms with van der Waals surface area (Å²) in [4.78, 5) is 4.35. The molecule has 0 fully saturated rings. The molecule has 3 aromatic rings. The zero-order valence-corrected chi connectivity index (χ0v) is 11.8. The van der Waals surface area contributed by atoms with Gasteiger partial charge in [-0.3, -0.25) is 4.57 Å². The molecule has 0 bridgehead atoms. The number of aryl methyl sites for hydroxylation is 1. The summed E-state index contributed by atoms with van der Waals surface area (Å²) in [5, 5.41) is 9.06. The Kier molecular flexibility index (Phi) is 2.99. The third kappa shape index (κ3) is 2.07. The van der Waals surface area contributed by atoms with Gasteiger partial charge in [0.25, 0.3) is 0 Å². The lowest BCUT2D eigenvalue weighted by Crippen LogP contribution is -2.02. The molecule has 21 heavy (non-hydrogen) atoms. The Morgan fingerprint density at radius 1 is 1.24 bits per heavy atom. The van der Waals surface area contributed by atoms with E-state index in [1.807, 2.05) is 29.7 Å². The van der Waals surface area contributed by atoms with E-state index in [1.54, 1.807) is 25.3 Å². The SMILES string of the molecule is COc1ccc(-n2c(N)nc3ccc(C#N)cc32)c(C)c1. The van der Waals surface area contributed by atoms with E-state index in [4.69, 9.17) is 15.7 Å². The predicted molar refractivity (Wildman–Crippen MR) is 81.5 cm³/mol. The number of aromatic nitrogens is 2. The minimum Gasteiger partial charge on any atom is -0.497 e. The van der Waals surface area contributed by atoms with Crippen LogP contribution in [0.15, 0.2) is 36.4 Å². The maximum Gasteiger partial charge on any atom is 0.205 e. The van der Waals surface area contributed by atoms with Crippen molar-refractivity contribution in [2.45, 2.75) is 6.92 Å². The van der Waals surface area contributed by atoms with Crippen LogP contribution in [0.5, 0.6) is 5.75 Å². The highest BCUT2D eigenvalue weighted by Gasteiger charge is 2.13. The van der Waals surface area contributed by atoms with Crippen LogP contribution in [0.2, 0.25) is 0 Å². The Balaban J connectivity index is 2.29. The van der Waals surface area contributed by atoms with Crippen LogP contribution in [0.25, 0.3) is 16.7 Å². The van der Waals surface area contributed by atoms with Crippen LogP contribution < -0.4 is 10.5 Å². The van der Waals surface area contributed by atoms with Crippen LogP contribution in [0.3, 0.4) is 0 Å². The average Bonchev–Trinajstić information content (AvgIpc) is 2.82.